The third-order valence-corrected chi connectivity index (χ3v) is 11.0. The molecule has 0 saturated heterocycles. The average Bonchev–Trinajstić information content (AvgIpc) is 3.23. The Morgan fingerprint density at radius 3 is 0.518 bits per heavy atom. The van der Waals surface area contributed by atoms with Gasteiger partial charge in [0.1, 0.15) is 0 Å². The van der Waals surface area contributed by atoms with Crippen molar-refractivity contribution in [3.63, 3.8) is 0 Å². The number of aliphatic carboxylic acids is 2. The Kier molecular flexibility index (Phi) is 41.5. The van der Waals surface area contributed by atoms with Crippen molar-refractivity contribution >= 4 is 59.6 Å². The summed E-state index contributed by atoms with van der Waals surface area (Å²) in [5.74, 6) is -1.67. The van der Waals surface area contributed by atoms with Crippen LogP contribution < -0.4 is 31.8 Å². The standard InChI is InChI=1S/2C18H15P.2C2H4O2.4CO.2Ru/c2*1-4-10-16(11-5-1)19(17-12-6-2-7-13-17)18-14-8-3-9-15-18;2*1-2(3)4;4*1-2;;/h2*1-15H;2*1H3,(H,3,4);;;;;;. The smallest absolute Gasteiger partial charge is 0 e. The first kappa shape index (κ1) is 58.0. The van der Waals surface area contributed by atoms with E-state index in [2.05, 4.69) is 209 Å². The van der Waals surface area contributed by atoms with Gasteiger partial charge in [0, 0.05) is 52.8 Å². The molecule has 6 rings (SSSR count). The van der Waals surface area contributed by atoms with Crippen molar-refractivity contribution in [1.29, 1.82) is 0 Å². The number of carboxylic acid groups (broad SMARTS) is 2. The molecule has 0 unspecified atom stereocenters. The van der Waals surface area contributed by atoms with E-state index in [1.807, 2.05) is 0 Å². The third-order valence-electron chi connectivity index (χ3n) is 6.09. The maximum Gasteiger partial charge on any atom is 0 e. The summed E-state index contributed by atoms with van der Waals surface area (Å²) >= 11 is 0. The van der Waals surface area contributed by atoms with Gasteiger partial charge in [-0.2, -0.15) is 0 Å². The zero-order valence-corrected chi connectivity index (χ0v) is 35.5. The van der Waals surface area contributed by atoms with Crippen LogP contribution in [0.25, 0.3) is 0 Å². The van der Waals surface area contributed by atoms with Gasteiger partial charge < -0.3 is 10.2 Å². The Morgan fingerprint density at radius 2 is 0.429 bits per heavy atom. The first-order chi connectivity index (χ1) is 26.4. The molecule has 8 nitrogen and oxygen atoms in total. The molecule has 0 heterocycles. The van der Waals surface area contributed by atoms with Gasteiger partial charge in [0.25, 0.3) is 11.9 Å². The van der Waals surface area contributed by atoms with Crippen LogP contribution >= 0.6 is 15.8 Å². The summed E-state index contributed by atoms with van der Waals surface area (Å²) in [7, 11) is -0.892. The number of carbonyl (C=O) groups is 2. The number of benzene rings is 6. The van der Waals surface area contributed by atoms with Crippen LogP contribution in [-0.2, 0) is 67.2 Å². The number of hydrogen-bond acceptors (Lipinski definition) is 2. The van der Waals surface area contributed by atoms with E-state index in [0.29, 0.717) is 0 Å². The molecule has 0 aliphatic rings. The molecular weight excluding hydrogens is 921 g/mol. The van der Waals surface area contributed by atoms with E-state index in [9.17, 15) is 0 Å². The van der Waals surface area contributed by atoms with Gasteiger partial charge in [-0.15, -0.1) is 0 Å². The summed E-state index contributed by atoms with van der Waals surface area (Å²) < 4.78 is 30.0. The van der Waals surface area contributed by atoms with Crippen LogP contribution in [0.2, 0.25) is 0 Å². The molecule has 12 heteroatoms. The second-order valence-electron chi connectivity index (χ2n) is 9.72. The number of carboxylic acids is 2. The Hall–Kier alpha value is -4.67. The molecule has 0 atom stereocenters. The molecule has 0 aliphatic heterocycles. The molecule has 6 aromatic rings. The molecule has 0 fully saturated rings. The Morgan fingerprint density at radius 1 is 0.339 bits per heavy atom. The van der Waals surface area contributed by atoms with Crippen LogP contribution in [0.3, 0.4) is 0 Å². The van der Waals surface area contributed by atoms with Gasteiger partial charge in [-0.25, -0.2) is 0 Å². The summed E-state index contributed by atoms with van der Waals surface area (Å²) in [5, 5.41) is 23.2. The molecule has 288 valence electrons. The topological polar surface area (TPSA) is 154 Å². The summed E-state index contributed by atoms with van der Waals surface area (Å²) in [4.78, 5) is 18.0. The van der Waals surface area contributed by atoms with Crippen molar-refractivity contribution in [2.45, 2.75) is 13.8 Å². The van der Waals surface area contributed by atoms with Crippen molar-refractivity contribution in [2.75, 3.05) is 0 Å². The van der Waals surface area contributed by atoms with E-state index in [-0.39, 0.29) is 39.0 Å². The molecule has 0 spiro atoms. The SMILES string of the molecule is CC(=O)O.CC(=O)O.[C-]#[O+].[C-]#[O+].[C-]#[O+].[C-]#[O+].[Ru].[Ru].c1ccc(P(c2ccccc2)c2ccccc2)cc1.c1ccc(P(c2ccccc2)c2ccccc2)cc1. The van der Waals surface area contributed by atoms with Crippen molar-refractivity contribution in [3.8, 4) is 0 Å². The second-order valence-corrected chi connectivity index (χ2v) is 14.2. The van der Waals surface area contributed by atoms with E-state index in [4.69, 9.17) is 38.4 Å². The predicted octanol–water partition coefficient (Wildman–Crippen LogP) is 6.92. The van der Waals surface area contributed by atoms with Crippen molar-refractivity contribution in [3.05, 3.63) is 209 Å². The van der Waals surface area contributed by atoms with Crippen molar-refractivity contribution in [1.82, 2.24) is 0 Å². The predicted molar refractivity (Wildman–Crippen MR) is 213 cm³/mol. The van der Waals surface area contributed by atoms with Crippen LogP contribution in [-0.4, -0.2) is 22.2 Å². The van der Waals surface area contributed by atoms with E-state index in [1.54, 1.807) is 0 Å². The van der Waals surface area contributed by atoms with E-state index in [1.165, 1.54) is 31.8 Å². The maximum atomic E-state index is 9.00. The minimum absolute atomic E-state index is 0. The van der Waals surface area contributed by atoms with Gasteiger partial charge in [0.2, 0.25) is 0 Å². The fourth-order valence-corrected chi connectivity index (χ4v) is 8.97. The van der Waals surface area contributed by atoms with Gasteiger partial charge in [0.15, 0.2) is 0 Å². The van der Waals surface area contributed by atoms with Crippen LogP contribution in [0.5, 0.6) is 0 Å². The molecule has 0 radical (unpaired) electrons. The Bertz CT molecular complexity index is 1550. The summed E-state index contributed by atoms with van der Waals surface area (Å²) in [5.41, 5.74) is 0. The minimum Gasteiger partial charge on any atom is -0.0622 e. The maximum absolute atomic E-state index is 9.00. The van der Waals surface area contributed by atoms with Crippen molar-refractivity contribution in [2.24, 2.45) is 0 Å². The summed E-state index contributed by atoms with van der Waals surface area (Å²) in [6.45, 7) is 20.2. The molecule has 2 N–H and O–H groups in total. The number of hydrogen-bond donors (Lipinski definition) is 2. The Balaban J connectivity index is -0.000000344. The Labute approximate surface area is 357 Å². The fraction of sp³-hybridized carbons (Fsp3) is 0.0455. The second kappa shape index (κ2) is 40.0. The zero-order chi connectivity index (χ0) is 41.0. The fourth-order valence-electron chi connectivity index (χ4n) is 4.36. The third kappa shape index (κ3) is 25.4. The van der Waals surface area contributed by atoms with Gasteiger partial charge >= 0.3 is 45.2 Å². The largest absolute Gasteiger partial charge is 0.0622 e. The van der Waals surface area contributed by atoms with Crippen LogP contribution in [0.15, 0.2) is 182 Å². The van der Waals surface area contributed by atoms with Gasteiger partial charge in [0.05, 0.1) is 0 Å². The normalized spacial score (nSPS) is 8.21. The molecule has 0 saturated carbocycles. The van der Waals surface area contributed by atoms with Crippen molar-refractivity contribution < 1.29 is 77.4 Å². The molecular formula is C44H38O8P2Ru2. The first-order valence-corrected chi connectivity index (χ1v) is 18.2. The molecule has 0 amide bonds. The van der Waals surface area contributed by atoms with Gasteiger partial charge in [-0.05, 0) is 47.7 Å². The molecule has 6 aromatic carbocycles. The van der Waals surface area contributed by atoms with Crippen LogP contribution in [0, 0.1) is 26.6 Å². The van der Waals surface area contributed by atoms with E-state index < -0.39 is 27.8 Å². The average molecular weight is 959 g/mol. The quantitative estimate of drug-likeness (QED) is 0.0806. The molecule has 56 heavy (non-hydrogen) atoms. The monoisotopic (exact) mass is 960 g/mol. The minimum atomic E-state index is -0.833. The van der Waals surface area contributed by atoms with Crippen LogP contribution in [0.1, 0.15) is 13.8 Å². The van der Waals surface area contributed by atoms with E-state index in [0.717, 1.165) is 13.8 Å². The van der Waals surface area contributed by atoms with Gasteiger partial charge in [-0.1, -0.05) is 182 Å². The van der Waals surface area contributed by atoms with E-state index >= 15 is 0 Å². The molecule has 0 aliphatic carbocycles. The first-order valence-electron chi connectivity index (χ1n) is 15.5. The number of rotatable bonds is 6. The zero-order valence-electron chi connectivity index (χ0n) is 30.3. The molecule has 0 aromatic heterocycles. The van der Waals surface area contributed by atoms with Gasteiger partial charge in [-0.3, -0.25) is 9.59 Å². The molecule has 0 bridgehead atoms. The summed E-state index contributed by atoms with van der Waals surface area (Å²) in [6, 6.07) is 64.7. The summed E-state index contributed by atoms with van der Waals surface area (Å²) in [6.07, 6.45) is 0. The van der Waals surface area contributed by atoms with Crippen LogP contribution in [0.4, 0.5) is 0 Å².